The summed E-state index contributed by atoms with van der Waals surface area (Å²) < 4.78 is 26.6. The third-order valence-electron chi connectivity index (χ3n) is 6.51. The SMILES string of the molecule is CC1CCC2CC(c3ccc(-c4ccc(F)c(F)c4)cc3)CCC2C1. The van der Waals surface area contributed by atoms with E-state index >= 15 is 0 Å². The highest BCUT2D eigenvalue weighted by molar-refractivity contribution is 5.63. The zero-order valence-electron chi connectivity index (χ0n) is 14.8. The molecule has 2 aliphatic rings. The van der Waals surface area contributed by atoms with Crippen LogP contribution < -0.4 is 0 Å². The first-order valence-electron chi connectivity index (χ1n) is 9.65. The molecule has 4 atom stereocenters. The normalized spacial score (nSPS) is 29.2. The van der Waals surface area contributed by atoms with Gasteiger partial charge < -0.3 is 0 Å². The van der Waals surface area contributed by atoms with E-state index in [1.807, 2.05) is 0 Å². The highest BCUT2D eigenvalue weighted by Gasteiger charge is 2.34. The van der Waals surface area contributed by atoms with Crippen molar-refractivity contribution in [3.63, 3.8) is 0 Å². The van der Waals surface area contributed by atoms with E-state index < -0.39 is 11.6 Å². The van der Waals surface area contributed by atoms with Gasteiger partial charge in [0.05, 0.1) is 0 Å². The Hall–Kier alpha value is -1.70. The van der Waals surface area contributed by atoms with Crippen molar-refractivity contribution in [2.75, 3.05) is 0 Å². The highest BCUT2D eigenvalue weighted by Crippen LogP contribution is 2.47. The smallest absolute Gasteiger partial charge is 0.159 e. The Labute approximate surface area is 149 Å². The lowest BCUT2D eigenvalue weighted by Gasteiger charge is -2.41. The lowest BCUT2D eigenvalue weighted by molar-refractivity contribution is 0.124. The monoisotopic (exact) mass is 340 g/mol. The summed E-state index contributed by atoms with van der Waals surface area (Å²) in [5, 5.41) is 0. The lowest BCUT2D eigenvalue weighted by Crippen LogP contribution is -2.29. The molecule has 4 unspecified atom stereocenters. The lowest BCUT2D eigenvalue weighted by atomic mass is 9.64. The molecule has 0 N–H and O–H groups in total. The zero-order valence-corrected chi connectivity index (χ0v) is 14.8. The minimum Gasteiger partial charge on any atom is -0.204 e. The van der Waals surface area contributed by atoms with Crippen LogP contribution in [0.2, 0.25) is 0 Å². The molecule has 0 aliphatic heterocycles. The molecule has 0 heterocycles. The van der Waals surface area contributed by atoms with Crippen LogP contribution in [0.3, 0.4) is 0 Å². The number of halogens is 2. The van der Waals surface area contributed by atoms with Gasteiger partial charge in [-0.1, -0.05) is 43.7 Å². The van der Waals surface area contributed by atoms with Gasteiger partial charge in [-0.25, -0.2) is 8.78 Å². The van der Waals surface area contributed by atoms with Gasteiger partial charge >= 0.3 is 0 Å². The first-order valence-corrected chi connectivity index (χ1v) is 9.65. The van der Waals surface area contributed by atoms with Crippen molar-refractivity contribution in [2.45, 2.75) is 51.4 Å². The topological polar surface area (TPSA) is 0 Å². The zero-order chi connectivity index (χ0) is 17.4. The summed E-state index contributed by atoms with van der Waals surface area (Å²) in [5.41, 5.74) is 3.08. The van der Waals surface area contributed by atoms with Gasteiger partial charge in [0.25, 0.3) is 0 Å². The molecule has 0 bridgehead atoms. The molecule has 2 fully saturated rings. The van der Waals surface area contributed by atoms with Gasteiger partial charge in [-0.15, -0.1) is 0 Å². The third-order valence-corrected chi connectivity index (χ3v) is 6.51. The maximum Gasteiger partial charge on any atom is 0.159 e. The summed E-state index contributed by atoms with van der Waals surface area (Å²) >= 11 is 0. The fourth-order valence-electron chi connectivity index (χ4n) is 5.05. The van der Waals surface area contributed by atoms with Crippen molar-refractivity contribution >= 4 is 0 Å². The molecule has 0 nitrogen and oxygen atoms in total. The minimum atomic E-state index is -0.793. The third kappa shape index (κ3) is 3.49. The molecule has 25 heavy (non-hydrogen) atoms. The first-order chi connectivity index (χ1) is 12.1. The summed E-state index contributed by atoms with van der Waals surface area (Å²) in [5.74, 6) is 1.84. The predicted molar refractivity (Wildman–Crippen MR) is 98.4 cm³/mol. The van der Waals surface area contributed by atoms with Crippen molar-refractivity contribution in [1.82, 2.24) is 0 Å². The largest absolute Gasteiger partial charge is 0.204 e. The summed E-state index contributed by atoms with van der Waals surface area (Å²) in [4.78, 5) is 0. The van der Waals surface area contributed by atoms with E-state index in [0.29, 0.717) is 5.92 Å². The Balaban J connectivity index is 1.48. The Morgan fingerprint density at radius 1 is 0.720 bits per heavy atom. The van der Waals surface area contributed by atoms with Crippen LogP contribution in [0.25, 0.3) is 11.1 Å². The van der Waals surface area contributed by atoms with Crippen LogP contribution in [0, 0.1) is 29.4 Å². The number of benzene rings is 2. The maximum absolute atomic E-state index is 13.4. The number of hydrogen-bond acceptors (Lipinski definition) is 0. The van der Waals surface area contributed by atoms with Crippen LogP contribution in [-0.4, -0.2) is 0 Å². The molecule has 0 radical (unpaired) electrons. The molecular formula is C23H26F2. The van der Waals surface area contributed by atoms with Crippen molar-refractivity contribution in [3.8, 4) is 11.1 Å². The number of hydrogen-bond donors (Lipinski definition) is 0. The van der Waals surface area contributed by atoms with Gasteiger partial charge in [-0.2, -0.15) is 0 Å². The Kier molecular flexibility index (Phi) is 4.62. The van der Waals surface area contributed by atoms with E-state index in [0.717, 1.165) is 28.9 Å². The molecule has 2 aliphatic carbocycles. The summed E-state index contributed by atoms with van der Waals surface area (Å²) in [6.45, 7) is 2.40. The van der Waals surface area contributed by atoms with Gasteiger partial charge in [-0.3, -0.25) is 0 Å². The van der Waals surface area contributed by atoms with E-state index in [1.54, 1.807) is 6.07 Å². The Morgan fingerprint density at radius 2 is 1.40 bits per heavy atom. The van der Waals surface area contributed by atoms with Crippen LogP contribution in [0.15, 0.2) is 42.5 Å². The van der Waals surface area contributed by atoms with Crippen LogP contribution in [0.4, 0.5) is 8.78 Å². The Morgan fingerprint density at radius 3 is 2.16 bits per heavy atom. The van der Waals surface area contributed by atoms with Crippen molar-refractivity contribution < 1.29 is 8.78 Å². The summed E-state index contributed by atoms with van der Waals surface area (Å²) in [6.07, 6.45) is 8.19. The van der Waals surface area contributed by atoms with Crippen LogP contribution in [0.1, 0.15) is 56.9 Å². The van der Waals surface area contributed by atoms with Gasteiger partial charge in [0, 0.05) is 0 Å². The van der Waals surface area contributed by atoms with E-state index in [9.17, 15) is 8.78 Å². The average Bonchev–Trinajstić information content (AvgIpc) is 2.64. The summed E-state index contributed by atoms with van der Waals surface area (Å²) in [7, 11) is 0. The highest BCUT2D eigenvalue weighted by atomic mass is 19.2. The molecule has 4 rings (SSSR count). The Bertz CT molecular complexity index is 734. The molecule has 0 amide bonds. The predicted octanol–water partition coefficient (Wildman–Crippen LogP) is 6.95. The van der Waals surface area contributed by atoms with E-state index in [2.05, 4.69) is 31.2 Å². The second kappa shape index (κ2) is 6.90. The van der Waals surface area contributed by atoms with E-state index in [-0.39, 0.29) is 0 Å². The van der Waals surface area contributed by atoms with Gasteiger partial charge in [0.1, 0.15) is 0 Å². The van der Waals surface area contributed by atoms with Crippen LogP contribution in [0.5, 0.6) is 0 Å². The van der Waals surface area contributed by atoms with Gasteiger partial charge in [0.15, 0.2) is 11.6 Å². The number of rotatable bonds is 2. The average molecular weight is 340 g/mol. The van der Waals surface area contributed by atoms with Crippen LogP contribution in [-0.2, 0) is 0 Å². The van der Waals surface area contributed by atoms with Gasteiger partial charge in [-0.05, 0) is 84.6 Å². The van der Waals surface area contributed by atoms with Crippen molar-refractivity contribution in [3.05, 3.63) is 59.7 Å². The van der Waals surface area contributed by atoms with E-state index in [1.165, 1.54) is 56.2 Å². The molecule has 2 heteroatoms. The van der Waals surface area contributed by atoms with Gasteiger partial charge in [0.2, 0.25) is 0 Å². The first kappa shape index (κ1) is 16.8. The van der Waals surface area contributed by atoms with Crippen LogP contribution >= 0.6 is 0 Å². The summed E-state index contributed by atoms with van der Waals surface area (Å²) in [6, 6.07) is 12.6. The molecule has 0 aromatic heterocycles. The molecule has 2 saturated carbocycles. The molecule has 2 aromatic rings. The quantitative estimate of drug-likeness (QED) is 0.555. The molecule has 132 valence electrons. The molecule has 2 aromatic carbocycles. The fourth-order valence-corrected chi connectivity index (χ4v) is 5.05. The number of fused-ring (bicyclic) bond motifs is 1. The second-order valence-electron chi connectivity index (χ2n) is 8.20. The molecule has 0 saturated heterocycles. The maximum atomic E-state index is 13.4. The van der Waals surface area contributed by atoms with Crippen molar-refractivity contribution in [2.24, 2.45) is 17.8 Å². The second-order valence-corrected chi connectivity index (χ2v) is 8.20. The molecular weight excluding hydrogens is 314 g/mol. The standard InChI is InChI=1S/C23H26F2/c1-15-2-3-20-13-19(9-8-18(20)12-15)16-4-6-17(7-5-16)21-10-11-22(24)23(25)14-21/h4-7,10-11,14-15,18-20H,2-3,8-9,12-13H2,1H3. The minimum absolute atomic E-state index is 0.661. The van der Waals surface area contributed by atoms with E-state index in [4.69, 9.17) is 0 Å². The molecule has 0 spiro atoms. The fraction of sp³-hybridized carbons (Fsp3) is 0.478. The van der Waals surface area contributed by atoms with Crippen molar-refractivity contribution in [1.29, 1.82) is 0 Å².